The van der Waals surface area contributed by atoms with E-state index in [0.717, 1.165) is 6.42 Å². The van der Waals surface area contributed by atoms with Crippen LogP contribution in [-0.2, 0) is 15.7 Å². The number of hydrogen-bond donors (Lipinski definition) is 0. The van der Waals surface area contributed by atoms with Crippen LogP contribution >= 0.6 is 11.3 Å². The molecule has 0 unspecified atom stereocenters. The highest BCUT2D eigenvalue weighted by Crippen LogP contribution is 2.36. The fraction of sp³-hybridized carbons (Fsp3) is 0.692. The zero-order valence-corrected chi connectivity index (χ0v) is 12.2. The summed E-state index contributed by atoms with van der Waals surface area (Å²) in [6.07, 6.45) is 2.33. The molecule has 1 aliphatic heterocycles. The van der Waals surface area contributed by atoms with Crippen molar-refractivity contribution < 1.29 is 9.31 Å². The fourth-order valence-corrected chi connectivity index (χ4v) is 2.93. The van der Waals surface area contributed by atoms with Gasteiger partial charge in [0.05, 0.1) is 11.2 Å². The second-order valence-corrected chi connectivity index (χ2v) is 6.84. The first-order valence-corrected chi connectivity index (χ1v) is 7.11. The van der Waals surface area contributed by atoms with E-state index in [9.17, 15) is 0 Å². The highest BCUT2D eigenvalue weighted by Gasteiger charge is 2.52. The lowest BCUT2D eigenvalue weighted by atomic mass is 9.88. The monoisotopic (exact) mass is 252 g/mol. The van der Waals surface area contributed by atoms with Crippen LogP contribution in [0.2, 0.25) is 0 Å². The molecular formula is C13H21BO2S. The van der Waals surface area contributed by atoms with Crippen molar-refractivity contribution in [2.24, 2.45) is 0 Å². The molecule has 0 amide bonds. The second kappa shape index (κ2) is 4.41. The summed E-state index contributed by atoms with van der Waals surface area (Å²) in [5.41, 5.74) is -0.487. The van der Waals surface area contributed by atoms with E-state index in [0.29, 0.717) is 0 Å². The van der Waals surface area contributed by atoms with Crippen LogP contribution in [0.5, 0.6) is 0 Å². The summed E-state index contributed by atoms with van der Waals surface area (Å²) in [5, 5.41) is 0. The summed E-state index contributed by atoms with van der Waals surface area (Å²) < 4.78 is 13.2. The third kappa shape index (κ3) is 2.44. The molecular weight excluding hydrogens is 231 g/mol. The van der Waals surface area contributed by atoms with Crippen LogP contribution in [0, 0.1) is 0 Å². The molecule has 0 bridgehead atoms. The SMILES string of the molecule is CCCc1ccc(B2OC(C)(C)C(C)(C)O2)s1. The van der Waals surface area contributed by atoms with E-state index in [4.69, 9.17) is 9.31 Å². The van der Waals surface area contributed by atoms with Gasteiger partial charge in [-0.3, -0.25) is 0 Å². The van der Waals surface area contributed by atoms with Gasteiger partial charge in [0.1, 0.15) is 0 Å². The minimum atomic E-state index is -0.243. The quantitative estimate of drug-likeness (QED) is 0.770. The Bertz CT molecular complexity index is 382. The number of thiophene rings is 1. The number of rotatable bonds is 3. The zero-order valence-electron chi connectivity index (χ0n) is 11.4. The molecule has 1 aliphatic rings. The molecule has 0 atom stereocenters. The van der Waals surface area contributed by atoms with E-state index in [1.165, 1.54) is 16.1 Å². The lowest BCUT2D eigenvalue weighted by Crippen LogP contribution is -2.41. The van der Waals surface area contributed by atoms with Gasteiger partial charge in [-0.15, -0.1) is 11.3 Å². The highest BCUT2D eigenvalue weighted by atomic mass is 32.1. The molecule has 0 saturated carbocycles. The zero-order chi connectivity index (χ0) is 12.7. The van der Waals surface area contributed by atoms with Crippen molar-refractivity contribution >= 4 is 23.2 Å². The predicted octanol–water partition coefficient (Wildman–Crippen LogP) is 3.00. The number of aryl methyl sites for hydroxylation is 1. The van der Waals surface area contributed by atoms with E-state index >= 15 is 0 Å². The van der Waals surface area contributed by atoms with Crippen molar-refractivity contribution in [3.8, 4) is 0 Å². The van der Waals surface area contributed by atoms with E-state index in [-0.39, 0.29) is 18.3 Å². The largest absolute Gasteiger partial charge is 0.505 e. The Hall–Kier alpha value is -0.315. The van der Waals surface area contributed by atoms with E-state index < -0.39 is 0 Å². The molecule has 0 N–H and O–H groups in total. The van der Waals surface area contributed by atoms with Crippen molar-refractivity contribution in [2.75, 3.05) is 0 Å². The Morgan fingerprint density at radius 1 is 1.12 bits per heavy atom. The van der Waals surface area contributed by atoms with Gasteiger partial charge in [-0.25, -0.2) is 0 Å². The summed E-state index contributed by atoms with van der Waals surface area (Å²) in [5.74, 6) is 0. The summed E-state index contributed by atoms with van der Waals surface area (Å²) in [6, 6.07) is 4.33. The first-order chi connectivity index (χ1) is 7.86. The van der Waals surface area contributed by atoms with Gasteiger partial charge in [0.2, 0.25) is 0 Å². The van der Waals surface area contributed by atoms with Gasteiger partial charge in [0, 0.05) is 9.65 Å². The first kappa shape index (κ1) is 13.1. The van der Waals surface area contributed by atoms with Crippen LogP contribution in [0.4, 0.5) is 0 Å². The Morgan fingerprint density at radius 3 is 2.24 bits per heavy atom. The molecule has 0 aliphatic carbocycles. The van der Waals surface area contributed by atoms with Gasteiger partial charge < -0.3 is 9.31 Å². The minimum Gasteiger partial charge on any atom is -0.399 e. The van der Waals surface area contributed by atoms with Crippen LogP contribution < -0.4 is 4.78 Å². The molecule has 1 aromatic heterocycles. The van der Waals surface area contributed by atoms with Gasteiger partial charge in [-0.1, -0.05) is 19.4 Å². The minimum absolute atomic E-state index is 0.199. The summed E-state index contributed by atoms with van der Waals surface area (Å²) >= 11 is 1.81. The molecule has 1 saturated heterocycles. The van der Waals surface area contributed by atoms with E-state index in [1.54, 1.807) is 11.3 Å². The summed E-state index contributed by atoms with van der Waals surface area (Å²) in [4.78, 5) is 1.41. The molecule has 2 nitrogen and oxygen atoms in total. The fourth-order valence-electron chi connectivity index (χ4n) is 1.86. The molecule has 0 spiro atoms. The molecule has 94 valence electrons. The maximum Gasteiger partial charge on any atom is 0.505 e. The molecule has 0 radical (unpaired) electrons. The van der Waals surface area contributed by atoms with Crippen molar-refractivity contribution in [3.05, 3.63) is 17.0 Å². The Labute approximate surface area is 108 Å². The van der Waals surface area contributed by atoms with Crippen molar-refractivity contribution in [1.29, 1.82) is 0 Å². The highest BCUT2D eigenvalue weighted by molar-refractivity contribution is 7.22. The molecule has 4 heteroatoms. The Balaban J connectivity index is 2.14. The van der Waals surface area contributed by atoms with Crippen molar-refractivity contribution in [3.63, 3.8) is 0 Å². The molecule has 1 fully saturated rings. The second-order valence-electron chi connectivity index (χ2n) is 5.64. The van der Waals surface area contributed by atoms with Gasteiger partial charge in [0.15, 0.2) is 0 Å². The van der Waals surface area contributed by atoms with Crippen molar-refractivity contribution in [2.45, 2.75) is 58.7 Å². The van der Waals surface area contributed by atoms with Crippen molar-refractivity contribution in [1.82, 2.24) is 0 Å². The average Bonchev–Trinajstić information content (AvgIpc) is 2.71. The average molecular weight is 252 g/mol. The Kier molecular flexibility index (Phi) is 3.41. The number of hydrogen-bond acceptors (Lipinski definition) is 3. The Morgan fingerprint density at radius 2 is 1.71 bits per heavy atom. The van der Waals surface area contributed by atoms with Crippen LogP contribution in [0.3, 0.4) is 0 Å². The molecule has 1 aromatic rings. The third-order valence-electron chi connectivity index (χ3n) is 3.66. The summed E-state index contributed by atoms with van der Waals surface area (Å²) in [6.45, 7) is 10.6. The predicted molar refractivity (Wildman–Crippen MR) is 74.0 cm³/mol. The molecule has 0 aromatic carbocycles. The smallest absolute Gasteiger partial charge is 0.399 e. The van der Waals surface area contributed by atoms with Gasteiger partial charge >= 0.3 is 7.12 Å². The van der Waals surface area contributed by atoms with Crippen LogP contribution in [0.1, 0.15) is 45.9 Å². The first-order valence-electron chi connectivity index (χ1n) is 6.30. The van der Waals surface area contributed by atoms with Gasteiger partial charge in [-0.2, -0.15) is 0 Å². The molecule has 17 heavy (non-hydrogen) atoms. The molecule has 2 rings (SSSR count). The normalized spacial score (nSPS) is 22.1. The van der Waals surface area contributed by atoms with Crippen LogP contribution in [-0.4, -0.2) is 18.3 Å². The van der Waals surface area contributed by atoms with Crippen LogP contribution in [0.15, 0.2) is 12.1 Å². The third-order valence-corrected chi connectivity index (χ3v) is 4.83. The van der Waals surface area contributed by atoms with E-state index in [1.807, 2.05) is 0 Å². The topological polar surface area (TPSA) is 18.5 Å². The lowest BCUT2D eigenvalue weighted by molar-refractivity contribution is 0.00578. The maximum atomic E-state index is 6.03. The van der Waals surface area contributed by atoms with Gasteiger partial charge in [0.25, 0.3) is 0 Å². The van der Waals surface area contributed by atoms with E-state index in [2.05, 4.69) is 46.8 Å². The van der Waals surface area contributed by atoms with Crippen LogP contribution in [0.25, 0.3) is 0 Å². The standard InChI is InChI=1S/C13H21BO2S/c1-6-7-10-8-9-11(17-10)14-15-12(2,3)13(4,5)16-14/h8-9H,6-7H2,1-5H3. The lowest BCUT2D eigenvalue weighted by Gasteiger charge is -2.32. The molecule has 2 heterocycles. The maximum absolute atomic E-state index is 6.03. The summed E-state index contributed by atoms with van der Waals surface area (Å²) in [7, 11) is -0.199. The van der Waals surface area contributed by atoms with Gasteiger partial charge in [-0.05, 0) is 40.2 Å².